The van der Waals surface area contributed by atoms with Crippen molar-refractivity contribution in [1.29, 1.82) is 0 Å². The van der Waals surface area contributed by atoms with Crippen LogP contribution in [0.5, 0.6) is 0 Å². The zero-order chi connectivity index (χ0) is 3.41. The van der Waals surface area contributed by atoms with Crippen molar-refractivity contribution in [3.63, 3.8) is 0 Å². The first-order chi connectivity index (χ1) is 1.91. The van der Waals surface area contributed by atoms with Gasteiger partial charge in [-0.25, -0.2) is 0 Å². The molecule has 0 aromatic heterocycles. The van der Waals surface area contributed by atoms with Gasteiger partial charge in [-0.2, -0.15) is 0 Å². The maximum Gasteiger partial charge on any atom is 1.00 e. The van der Waals surface area contributed by atoms with E-state index in [0.29, 0.717) is 6.29 Å². The van der Waals surface area contributed by atoms with E-state index in [9.17, 15) is 0 Å². The van der Waals surface area contributed by atoms with E-state index >= 15 is 0 Å². The first-order valence-corrected chi connectivity index (χ1v) is 0.977. The standard InChI is InChI=1S/C3H4O.K.H/c1-2-3-4;;/h2-3H,1H2;;/q;+1;-1. The molecule has 0 aliphatic rings. The Bertz CT molecular complexity index is 31.8. The Balaban J connectivity index is -0.0000000450. The van der Waals surface area contributed by atoms with Crippen molar-refractivity contribution in [3.05, 3.63) is 12.7 Å². The number of carbonyl (C=O) groups is 1. The minimum atomic E-state index is 0. The molecule has 0 aliphatic heterocycles. The van der Waals surface area contributed by atoms with E-state index in [1.165, 1.54) is 6.08 Å². The summed E-state index contributed by atoms with van der Waals surface area (Å²) in [6.45, 7) is 3.11. The van der Waals surface area contributed by atoms with Gasteiger partial charge in [0.05, 0.1) is 0 Å². The second-order valence-corrected chi connectivity index (χ2v) is 0.372. The molecule has 0 atom stereocenters. The summed E-state index contributed by atoms with van der Waals surface area (Å²) in [7, 11) is 0. The Morgan fingerprint density at radius 1 is 1.80 bits per heavy atom. The van der Waals surface area contributed by atoms with Crippen LogP contribution in [-0.2, 0) is 4.79 Å². The third-order valence-electron chi connectivity index (χ3n) is 0.0962. The van der Waals surface area contributed by atoms with E-state index in [2.05, 4.69) is 6.58 Å². The molecule has 0 saturated carbocycles. The van der Waals surface area contributed by atoms with Crippen LogP contribution in [0.25, 0.3) is 0 Å². The molecule has 0 rings (SSSR count). The molecule has 0 bridgehead atoms. The summed E-state index contributed by atoms with van der Waals surface area (Å²) in [4.78, 5) is 9.06. The van der Waals surface area contributed by atoms with Crippen LogP contribution in [-0.4, -0.2) is 6.29 Å². The minimum Gasteiger partial charge on any atom is -1.00 e. The van der Waals surface area contributed by atoms with Gasteiger partial charge in [0.25, 0.3) is 0 Å². The first-order valence-electron chi connectivity index (χ1n) is 0.977. The fraction of sp³-hybridized carbons (Fsp3) is 0. The molecule has 0 saturated heterocycles. The number of hydrogen-bond donors (Lipinski definition) is 0. The predicted octanol–water partition coefficient (Wildman–Crippen LogP) is -2.51. The number of hydrogen-bond acceptors (Lipinski definition) is 1. The predicted molar refractivity (Wildman–Crippen MR) is 17.4 cm³/mol. The van der Waals surface area contributed by atoms with E-state index in [1.54, 1.807) is 0 Å². The number of carbonyl (C=O) groups excluding carboxylic acids is 1. The Morgan fingerprint density at radius 3 is 2.00 bits per heavy atom. The third kappa shape index (κ3) is 11.2. The smallest absolute Gasteiger partial charge is 1.00 e. The second-order valence-electron chi connectivity index (χ2n) is 0.372. The van der Waals surface area contributed by atoms with Gasteiger partial charge < -0.3 is 1.43 Å². The van der Waals surface area contributed by atoms with E-state index in [1.807, 2.05) is 0 Å². The van der Waals surface area contributed by atoms with Crippen molar-refractivity contribution in [1.82, 2.24) is 0 Å². The van der Waals surface area contributed by atoms with Gasteiger partial charge in [-0.1, -0.05) is 6.58 Å². The van der Waals surface area contributed by atoms with E-state index in [0.717, 1.165) is 0 Å². The Morgan fingerprint density at radius 2 is 2.00 bits per heavy atom. The maximum absolute atomic E-state index is 9.06. The SMILES string of the molecule is C=CC=O.[H-].[K+]. The molecule has 0 amide bonds. The molecule has 0 heterocycles. The quantitative estimate of drug-likeness (QED) is 0.200. The zero-order valence-electron chi connectivity index (χ0n) is 4.27. The molecule has 0 spiro atoms. The summed E-state index contributed by atoms with van der Waals surface area (Å²) in [6.07, 6.45) is 1.83. The molecule has 0 radical (unpaired) electrons. The average molecular weight is 96.2 g/mol. The molecule has 2 heteroatoms. The molecule has 0 fully saturated rings. The minimum absolute atomic E-state index is 0. The van der Waals surface area contributed by atoms with Crippen LogP contribution in [0.15, 0.2) is 12.7 Å². The van der Waals surface area contributed by atoms with Gasteiger partial charge in [0.1, 0.15) is 6.29 Å². The van der Waals surface area contributed by atoms with Gasteiger partial charge in [0, 0.05) is 0 Å². The van der Waals surface area contributed by atoms with Crippen molar-refractivity contribution in [2.45, 2.75) is 0 Å². The van der Waals surface area contributed by atoms with Crippen molar-refractivity contribution < 1.29 is 57.6 Å². The molecule has 0 aromatic carbocycles. The van der Waals surface area contributed by atoms with Crippen LogP contribution in [0.1, 0.15) is 1.43 Å². The zero-order valence-corrected chi connectivity index (χ0v) is 6.39. The van der Waals surface area contributed by atoms with Crippen LogP contribution >= 0.6 is 0 Å². The van der Waals surface area contributed by atoms with Crippen LogP contribution in [0, 0.1) is 0 Å². The molecule has 0 aromatic rings. The van der Waals surface area contributed by atoms with Crippen molar-refractivity contribution in [3.8, 4) is 0 Å². The first kappa shape index (κ1) is 9.40. The molecular formula is C3H5KO. The van der Waals surface area contributed by atoms with Gasteiger partial charge in [-0.15, -0.1) is 0 Å². The van der Waals surface area contributed by atoms with Gasteiger partial charge in [0.15, 0.2) is 0 Å². The fourth-order valence-corrected chi connectivity index (χ4v) is 0. The third-order valence-corrected chi connectivity index (χ3v) is 0.0962. The van der Waals surface area contributed by atoms with Crippen LogP contribution < -0.4 is 51.4 Å². The van der Waals surface area contributed by atoms with Crippen molar-refractivity contribution in [2.24, 2.45) is 0 Å². The summed E-state index contributed by atoms with van der Waals surface area (Å²) >= 11 is 0. The van der Waals surface area contributed by atoms with Gasteiger partial charge in [-0.3, -0.25) is 4.79 Å². The van der Waals surface area contributed by atoms with Crippen LogP contribution in [0.2, 0.25) is 0 Å². The molecule has 24 valence electrons. The summed E-state index contributed by atoms with van der Waals surface area (Å²) in [5, 5.41) is 0. The normalized spacial score (nSPS) is 4.00. The summed E-state index contributed by atoms with van der Waals surface area (Å²) < 4.78 is 0. The summed E-state index contributed by atoms with van der Waals surface area (Å²) in [5.41, 5.74) is 0. The average Bonchev–Trinajstić information content (AvgIpc) is 1.37. The van der Waals surface area contributed by atoms with Crippen molar-refractivity contribution >= 4 is 6.29 Å². The molecule has 5 heavy (non-hydrogen) atoms. The van der Waals surface area contributed by atoms with Crippen molar-refractivity contribution in [2.75, 3.05) is 0 Å². The molecule has 0 aliphatic carbocycles. The number of rotatable bonds is 1. The van der Waals surface area contributed by atoms with E-state index < -0.39 is 0 Å². The molecular weight excluding hydrogens is 91.1 g/mol. The maximum atomic E-state index is 9.06. The fourth-order valence-electron chi connectivity index (χ4n) is 0. The molecule has 0 N–H and O–H groups in total. The molecule has 0 unspecified atom stereocenters. The topological polar surface area (TPSA) is 17.1 Å². The Hall–Kier alpha value is 1.05. The van der Waals surface area contributed by atoms with E-state index in [-0.39, 0.29) is 52.8 Å². The largest absolute Gasteiger partial charge is 1.00 e. The Labute approximate surface area is 75.3 Å². The number of aldehydes is 1. The molecule has 1 nitrogen and oxygen atoms in total. The monoisotopic (exact) mass is 96.0 g/mol. The number of allylic oxidation sites excluding steroid dienone is 1. The Kier molecular flexibility index (Phi) is 16.7. The van der Waals surface area contributed by atoms with Gasteiger partial charge in [0.2, 0.25) is 0 Å². The van der Waals surface area contributed by atoms with Gasteiger partial charge in [-0.05, 0) is 6.08 Å². The van der Waals surface area contributed by atoms with Crippen LogP contribution in [0.3, 0.4) is 0 Å². The van der Waals surface area contributed by atoms with Crippen LogP contribution in [0.4, 0.5) is 0 Å². The van der Waals surface area contributed by atoms with Gasteiger partial charge >= 0.3 is 51.4 Å². The summed E-state index contributed by atoms with van der Waals surface area (Å²) in [5.74, 6) is 0. The summed E-state index contributed by atoms with van der Waals surface area (Å²) in [6, 6.07) is 0. The second kappa shape index (κ2) is 8.90. The van der Waals surface area contributed by atoms with E-state index in [4.69, 9.17) is 4.79 Å².